The third kappa shape index (κ3) is 7.86. The van der Waals surface area contributed by atoms with E-state index in [1.54, 1.807) is 4.90 Å². The Bertz CT molecular complexity index is 1620. The van der Waals surface area contributed by atoms with Crippen LogP contribution in [0.25, 0.3) is 0 Å². The van der Waals surface area contributed by atoms with Crippen LogP contribution >= 0.6 is 0 Å². The first kappa shape index (κ1) is 33.6. The van der Waals surface area contributed by atoms with Crippen molar-refractivity contribution in [2.24, 2.45) is 5.73 Å². The molecule has 2 aliphatic carbocycles. The first-order valence-electron chi connectivity index (χ1n) is 17.6. The molecule has 1 saturated heterocycles. The number of nitrogens with zero attached hydrogens (tertiary/aromatic N) is 2. The fourth-order valence-corrected chi connectivity index (χ4v) is 7.52. The highest BCUT2D eigenvalue weighted by Crippen LogP contribution is 2.33. The topological polar surface area (TPSA) is 106 Å². The summed E-state index contributed by atoms with van der Waals surface area (Å²) in [5, 5.41) is 19.7. The van der Waals surface area contributed by atoms with Gasteiger partial charge in [-0.1, -0.05) is 97.1 Å². The lowest BCUT2D eigenvalue weighted by atomic mass is 9.94. The molecule has 0 saturated carbocycles. The van der Waals surface area contributed by atoms with Crippen LogP contribution in [0.2, 0.25) is 0 Å². The number of nitriles is 1. The largest absolute Gasteiger partial charge is 0.329 e. The van der Waals surface area contributed by atoms with Crippen molar-refractivity contribution < 1.29 is 4.79 Å². The van der Waals surface area contributed by atoms with Crippen LogP contribution in [-0.2, 0) is 30.5 Å². The van der Waals surface area contributed by atoms with Gasteiger partial charge in [0.2, 0.25) is 5.91 Å². The lowest BCUT2D eigenvalue weighted by Crippen LogP contribution is -2.42. The molecule has 1 aliphatic heterocycles. The Kier molecular flexibility index (Phi) is 11.7. The molecule has 3 aliphatic rings. The van der Waals surface area contributed by atoms with Crippen molar-refractivity contribution in [3.05, 3.63) is 142 Å². The van der Waals surface area contributed by atoms with Crippen LogP contribution < -0.4 is 21.7 Å². The maximum atomic E-state index is 12.3. The van der Waals surface area contributed by atoms with Gasteiger partial charge in [-0.25, -0.2) is 0 Å². The van der Waals surface area contributed by atoms with Crippen LogP contribution in [0, 0.1) is 11.3 Å². The number of amides is 1. The molecular weight excluding hydrogens is 592 g/mol. The van der Waals surface area contributed by atoms with E-state index in [2.05, 4.69) is 119 Å². The number of nitrogens with one attached hydrogen (secondary N) is 3. The average molecular weight is 641 g/mol. The molecule has 248 valence electrons. The van der Waals surface area contributed by atoms with E-state index in [0.29, 0.717) is 19.6 Å². The second-order valence-corrected chi connectivity index (χ2v) is 12.9. The Labute approximate surface area is 285 Å². The highest BCUT2D eigenvalue weighted by atomic mass is 16.2. The Morgan fingerprint density at radius 1 is 0.688 bits per heavy atom. The number of rotatable bonds is 9. The number of hydrogen-bond acceptors (Lipinski definition) is 6. The molecule has 0 spiro atoms. The number of fused-ring (bicyclic) bond motifs is 4. The number of benzene rings is 4. The third-order valence-corrected chi connectivity index (χ3v) is 9.93. The molecule has 7 rings (SSSR count). The molecule has 0 unspecified atom stereocenters. The van der Waals surface area contributed by atoms with Crippen molar-refractivity contribution >= 4 is 5.91 Å². The Morgan fingerprint density at radius 2 is 1.12 bits per heavy atom. The summed E-state index contributed by atoms with van der Waals surface area (Å²) >= 11 is 0. The zero-order valence-corrected chi connectivity index (χ0v) is 27.8. The summed E-state index contributed by atoms with van der Waals surface area (Å²) in [5.74, 6) is 0.0270. The standard InChI is InChI=1S/C24H28N4O.C17H20N2/c25-16-20-8-5-15-28(20)23(29)17-26-13-14-27-24-21-9-3-1-6-18(21)11-12-19-7-2-4-10-22(19)24;18-11-12-19-17-15-7-3-1-5-13(15)9-10-14-6-2-4-8-16(14)17/h1-4,6-7,9-10,20,24,26-27H,5,8,11-15,17H2;1-8,17,19H,9-12,18H2/t20-;/m0./s1. The molecule has 7 heteroatoms. The second kappa shape index (κ2) is 16.7. The third-order valence-electron chi connectivity index (χ3n) is 9.93. The monoisotopic (exact) mass is 640 g/mol. The number of aryl methyl sites for hydroxylation is 4. The van der Waals surface area contributed by atoms with Crippen molar-refractivity contribution in [3.63, 3.8) is 0 Å². The number of nitrogens with two attached hydrogens (primary N) is 1. The average Bonchev–Trinajstić information content (AvgIpc) is 3.49. The number of carbonyl (C=O) groups excluding carboxylic acids is 1. The van der Waals surface area contributed by atoms with Crippen LogP contribution in [-0.4, -0.2) is 56.1 Å². The van der Waals surface area contributed by atoms with Gasteiger partial charge in [0.05, 0.1) is 24.7 Å². The molecule has 1 atom stereocenters. The molecule has 1 amide bonds. The zero-order valence-electron chi connectivity index (χ0n) is 27.8. The molecule has 1 fully saturated rings. The van der Waals surface area contributed by atoms with Gasteiger partial charge in [0.1, 0.15) is 6.04 Å². The molecule has 4 aromatic rings. The molecule has 4 aromatic carbocycles. The van der Waals surface area contributed by atoms with Gasteiger partial charge < -0.3 is 26.6 Å². The summed E-state index contributed by atoms with van der Waals surface area (Å²) in [5.41, 5.74) is 16.9. The zero-order chi connectivity index (χ0) is 33.1. The SMILES string of the molecule is N#C[C@@H]1CCCN1C(=O)CNCCNC1c2ccccc2CCc2ccccc21.NCCNC1c2ccccc2CCc2ccccc21. The van der Waals surface area contributed by atoms with Crippen LogP contribution in [0.5, 0.6) is 0 Å². The predicted molar refractivity (Wildman–Crippen MR) is 193 cm³/mol. The normalized spacial score (nSPS) is 17.0. The molecule has 0 radical (unpaired) electrons. The highest BCUT2D eigenvalue weighted by molar-refractivity contribution is 5.79. The van der Waals surface area contributed by atoms with Crippen molar-refractivity contribution in [2.45, 2.75) is 56.7 Å². The summed E-state index contributed by atoms with van der Waals surface area (Å²) in [6.07, 6.45) is 6.08. The smallest absolute Gasteiger partial charge is 0.237 e. The molecular formula is C41H48N6O. The predicted octanol–water partition coefficient (Wildman–Crippen LogP) is 4.99. The Hall–Kier alpha value is -4.32. The van der Waals surface area contributed by atoms with Crippen LogP contribution in [0.3, 0.4) is 0 Å². The Balaban J connectivity index is 0.000000182. The van der Waals surface area contributed by atoms with Gasteiger partial charge in [-0.15, -0.1) is 0 Å². The van der Waals surface area contributed by atoms with Gasteiger partial charge in [-0.3, -0.25) is 4.79 Å². The lowest BCUT2D eigenvalue weighted by Gasteiger charge is -2.23. The number of carbonyl (C=O) groups is 1. The molecule has 7 nitrogen and oxygen atoms in total. The number of hydrogen-bond donors (Lipinski definition) is 4. The lowest BCUT2D eigenvalue weighted by molar-refractivity contribution is -0.130. The van der Waals surface area contributed by atoms with E-state index in [-0.39, 0.29) is 30.6 Å². The fourth-order valence-electron chi connectivity index (χ4n) is 7.52. The maximum Gasteiger partial charge on any atom is 0.237 e. The minimum atomic E-state index is -0.249. The summed E-state index contributed by atoms with van der Waals surface area (Å²) in [7, 11) is 0. The van der Waals surface area contributed by atoms with Crippen LogP contribution in [0.15, 0.2) is 97.1 Å². The van der Waals surface area contributed by atoms with Gasteiger partial charge in [-0.05, 0) is 83.0 Å². The van der Waals surface area contributed by atoms with E-state index < -0.39 is 0 Å². The van der Waals surface area contributed by atoms with Gasteiger partial charge in [0.25, 0.3) is 0 Å². The quantitative estimate of drug-likeness (QED) is 0.192. The molecule has 5 N–H and O–H groups in total. The highest BCUT2D eigenvalue weighted by Gasteiger charge is 2.28. The maximum absolute atomic E-state index is 12.3. The summed E-state index contributed by atoms with van der Waals surface area (Å²) in [6.45, 7) is 3.97. The number of likely N-dealkylation sites (tertiary alicyclic amines) is 1. The van der Waals surface area contributed by atoms with Crippen molar-refractivity contribution in [1.82, 2.24) is 20.9 Å². The van der Waals surface area contributed by atoms with Gasteiger partial charge in [0.15, 0.2) is 0 Å². The van der Waals surface area contributed by atoms with Gasteiger partial charge in [0, 0.05) is 32.7 Å². The summed E-state index contributed by atoms with van der Waals surface area (Å²) in [4.78, 5) is 14.1. The molecule has 48 heavy (non-hydrogen) atoms. The first-order valence-corrected chi connectivity index (χ1v) is 17.6. The minimum Gasteiger partial charge on any atom is -0.329 e. The van der Waals surface area contributed by atoms with E-state index in [4.69, 9.17) is 11.0 Å². The summed E-state index contributed by atoms with van der Waals surface area (Å²) in [6, 6.07) is 37.3. The first-order chi connectivity index (χ1) is 23.7. The molecule has 0 aromatic heterocycles. The molecule has 0 bridgehead atoms. The van der Waals surface area contributed by atoms with E-state index in [9.17, 15) is 4.79 Å². The van der Waals surface area contributed by atoms with E-state index in [0.717, 1.165) is 51.6 Å². The minimum absolute atomic E-state index is 0.0270. The fraction of sp³-hybridized carbons (Fsp3) is 0.366. The van der Waals surface area contributed by atoms with Gasteiger partial charge >= 0.3 is 0 Å². The van der Waals surface area contributed by atoms with Gasteiger partial charge in [-0.2, -0.15) is 5.26 Å². The van der Waals surface area contributed by atoms with Crippen LogP contribution in [0.4, 0.5) is 0 Å². The van der Waals surface area contributed by atoms with E-state index in [1.165, 1.54) is 44.5 Å². The Morgan fingerprint density at radius 3 is 1.56 bits per heavy atom. The summed E-state index contributed by atoms with van der Waals surface area (Å²) < 4.78 is 0. The molecule has 1 heterocycles. The van der Waals surface area contributed by atoms with E-state index >= 15 is 0 Å². The van der Waals surface area contributed by atoms with Crippen molar-refractivity contribution in [2.75, 3.05) is 39.3 Å². The van der Waals surface area contributed by atoms with Crippen LogP contribution in [0.1, 0.15) is 69.4 Å². The van der Waals surface area contributed by atoms with Crippen molar-refractivity contribution in [3.8, 4) is 6.07 Å². The van der Waals surface area contributed by atoms with Crippen molar-refractivity contribution in [1.29, 1.82) is 5.26 Å². The van der Waals surface area contributed by atoms with E-state index in [1.807, 2.05) is 0 Å². The second-order valence-electron chi connectivity index (χ2n) is 12.9.